The average Bonchev–Trinajstić information content (AvgIpc) is 2.97. The van der Waals surface area contributed by atoms with E-state index in [0.29, 0.717) is 9.90 Å². The van der Waals surface area contributed by atoms with Gasteiger partial charge in [0.1, 0.15) is 0 Å². The first kappa shape index (κ1) is 15.5. The standard InChI is InChI=1S/C15H14ClNO3S/c1-20-14(18)7-8-17-15(19)13-6-5-12(21-13)10-3-2-4-11(16)9-10/h2-6,9H,7-8H2,1H3,(H,17,19). The molecule has 0 atom stereocenters. The van der Waals surface area contributed by atoms with Crippen molar-refractivity contribution in [3.63, 3.8) is 0 Å². The third kappa shape index (κ3) is 4.31. The van der Waals surface area contributed by atoms with Crippen LogP contribution in [0.2, 0.25) is 5.02 Å². The Kier molecular flexibility index (Phi) is 5.36. The van der Waals surface area contributed by atoms with Gasteiger partial charge >= 0.3 is 5.97 Å². The zero-order chi connectivity index (χ0) is 15.2. The van der Waals surface area contributed by atoms with Crippen molar-refractivity contribution >= 4 is 34.8 Å². The lowest BCUT2D eigenvalue weighted by molar-refractivity contribution is -0.140. The summed E-state index contributed by atoms with van der Waals surface area (Å²) in [5.74, 6) is -0.543. The predicted molar refractivity (Wildman–Crippen MR) is 83.7 cm³/mol. The van der Waals surface area contributed by atoms with Crippen molar-refractivity contribution in [2.75, 3.05) is 13.7 Å². The molecule has 2 rings (SSSR count). The first-order valence-electron chi connectivity index (χ1n) is 6.31. The summed E-state index contributed by atoms with van der Waals surface area (Å²) in [4.78, 5) is 24.5. The van der Waals surface area contributed by atoms with Crippen LogP contribution < -0.4 is 5.32 Å². The van der Waals surface area contributed by atoms with Crippen molar-refractivity contribution in [2.24, 2.45) is 0 Å². The summed E-state index contributed by atoms with van der Waals surface area (Å²) in [5.41, 5.74) is 0.973. The van der Waals surface area contributed by atoms with E-state index in [1.54, 1.807) is 12.1 Å². The lowest BCUT2D eigenvalue weighted by Crippen LogP contribution is -2.25. The summed E-state index contributed by atoms with van der Waals surface area (Å²) in [5, 5.41) is 3.34. The van der Waals surface area contributed by atoms with Crippen LogP contribution in [-0.2, 0) is 9.53 Å². The molecule has 1 aromatic heterocycles. The average molecular weight is 324 g/mol. The molecule has 1 heterocycles. The first-order valence-corrected chi connectivity index (χ1v) is 7.50. The van der Waals surface area contributed by atoms with Crippen molar-refractivity contribution in [2.45, 2.75) is 6.42 Å². The Bertz CT molecular complexity index is 654. The van der Waals surface area contributed by atoms with Gasteiger partial charge < -0.3 is 10.1 Å². The summed E-state index contributed by atoms with van der Waals surface area (Å²) in [6, 6.07) is 11.1. The molecule has 2 aromatic rings. The molecule has 0 saturated heterocycles. The number of esters is 1. The number of methoxy groups -OCH3 is 1. The molecular weight excluding hydrogens is 310 g/mol. The van der Waals surface area contributed by atoms with Gasteiger partial charge in [-0.3, -0.25) is 9.59 Å². The lowest BCUT2D eigenvalue weighted by Gasteiger charge is -2.02. The van der Waals surface area contributed by atoms with Crippen molar-refractivity contribution in [1.82, 2.24) is 5.32 Å². The van der Waals surface area contributed by atoms with Crippen LogP contribution in [0.4, 0.5) is 0 Å². The van der Waals surface area contributed by atoms with Crippen molar-refractivity contribution in [3.8, 4) is 10.4 Å². The van der Waals surface area contributed by atoms with Crippen molar-refractivity contribution in [3.05, 3.63) is 46.3 Å². The molecule has 0 fully saturated rings. The van der Waals surface area contributed by atoms with Gasteiger partial charge in [-0.25, -0.2) is 0 Å². The van der Waals surface area contributed by atoms with Crippen LogP contribution >= 0.6 is 22.9 Å². The summed E-state index contributed by atoms with van der Waals surface area (Å²) in [6.45, 7) is 0.260. The number of hydrogen-bond acceptors (Lipinski definition) is 4. The van der Waals surface area contributed by atoms with Gasteiger partial charge in [-0.15, -0.1) is 11.3 Å². The summed E-state index contributed by atoms with van der Waals surface area (Å²) in [6.07, 6.45) is 0.161. The summed E-state index contributed by atoms with van der Waals surface area (Å²) >= 11 is 7.34. The molecule has 1 amide bonds. The maximum absolute atomic E-state index is 11.9. The second-order valence-electron chi connectivity index (χ2n) is 4.26. The Hall–Kier alpha value is -1.85. The number of benzene rings is 1. The number of thiophene rings is 1. The molecule has 0 aliphatic heterocycles. The van der Waals surface area contributed by atoms with E-state index >= 15 is 0 Å². The Morgan fingerprint density at radius 3 is 2.81 bits per heavy atom. The quantitative estimate of drug-likeness (QED) is 0.858. The highest BCUT2D eigenvalue weighted by Gasteiger charge is 2.11. The second-order valence-corrected chi connectivity index (χ2v) is 5.78. The molecule has 0 aliphatic carbocycles. The largest absolute Gasteiger partial charge is 0.469 e. The van der Waals surface area contributed by atoms with Gasteiger partial charge in [0.2, 0.25) is 0 Å². The van der Waals surface area contributed by atoms with Crippen molar-refractivity contribution < 1.29 is 14.3 Å². The Morgan fingerprint density at radius 2 is 2.10 bits per heavy atom. The summed E-state index contributed by atoms with van der Waals surface area (Å²) in [7, 11) is 1.32. The molecule has 21 heavy (non-hydrogen) atoms. The highest BCUT2D eigenvalue weighted by Crippen LogP contribution is 2.29. The fraction of sp³-hybridized carbons (Fsp3) is 0.200. The maximum Gasteiger partial charge on any atom is 0.307 e. The molecule has 0 bridgehead atoms. The molecule has 0 spiro atoms. The van der Waals surface area contributed by atoms with E-state index < -0.39 is 0 Å². The van der Waals surface area contributed by atoms with Crippen LogP contribution in [0.3, 0.4) is 0 Å². The minimum Gasteiger partial charge on any atom is -0.469 e. The third-order valence-electron chi connectivity index (χ3n) is 2.78. The van der Waals surface area contributed by atoms with Gasteiger partial charge in [0.25, 0.3) is 5.91 Å². The van der Waals surface area contributed by atoms with Gasteiger partial charge in [0.15, 0.2) is 0 Å². The Morgan fingerprint density at radius 1 is 1.29 bits per heavy atom. The van der Waals surface area contributed by atoms with Gasteiger partial charge in [-0.05, 0) is 29.8 Å². The number of hydrogen-bond donors (Lipinski definition) is 1. The maximum atomic E-state index is 11.9. The fourth-order valence-corrected chi connectivity index (χ4v) is 2.83. The number of halogens is 1. The van der Waals surface area contributed by atoms with Gasteiger partial charge in [-0.2, -0.15) is 0 Å². The molecule has 1 N–H and O–H groups in total. The number of nitrogens with one attached hydrogen (secondary N) is 1. The molecule has 6 heteroatoms. The van der Waals surface area contributed by atoms with E-state index in [1.807, 2.05) is 24.3 Å². The lowest BCUT2D eigenvalue weighted by atomic mass is 10.2. The van der Waals surface area contributed by atoms with E-state index in [9.17, 15) is 9.59 Å². The monoisotopic (exact) mass is 323 g/mol. The molecular formula is C15H14ClNO3S. The van der Waals surface area contributed by atoms with Gasteiger partial charge in [0, 0.05) is 16.4 Å². The van der Waals surface area contributed by atoms with Crippen LogP contribution in [-0.4, -0.2) is 25.5 Å². The topological polar surface area (TPSA) is 55.4 Å². The number of amides is 1. The Balaban J connectivity index is 1.99. The number of carbonyl (C=O) groups excluding carboxylic acids is 2. The minimum atomic E-state index is -0.346. The third-order valence-corrected chi connectivity index (χ3v) is 4.15. The van der Waals surface area contributed by atoms with Crippen LogP contribution in [0.1, 0.15) is 16.1 Å². The van der Waals surface area contributed by atoms with Crippen LogP contribution in [0.25, 0.3) is 10.4 Å². The smallest absolute Gasteiger partial charge is 0.307 e. The highest BCUT2D eigenvalue weighted by atomic mass is 35.5. The molecule has 0 radical (unpaired) electrons. The predicted octanol–water partition coefficient (Wildman–Crippen LogP) is 3.36. The second kappa shape index (κ2) is 7.24. The van der Waals surface area contributed by atoms with E-state index in [-0.39, 0.29) is 24.8 Å². The zero-order valence-corrected chi connectivity index (χ0v) is 13.0. The highest BCUT2D eigenvalue weighted by molar-refractivity contribution is 7.17. The molecule has 0 unspecified atom stereocenters. The number of rotatable bonds is 5. The van der Waals surface area contributed by atoms with Crippen LogP contribution in [0.15, 0.2) is 36.4 Å². The normalized spacial score (nSPS) is 10.2. The minimum absolute atomic E-state index is 0.161. The van der Waals surface area contributed by atoms with Gasteiger partial charge in [-0.1, -0.05) is 23.7 Å². The van der Waals surface area contributed by atoms with Gasteiger partial charge in [0.05, 0.1) is 18.4 Å². The Labute approximate surface area is 131 Å². The van der Waals surface area contributed by atoms with Crippen LogP contribution in [0, 0.1) is 0 Å². The number of carbonyl (C=O) groups is 2. The molecule has 4 nitrogen and oxygen atoms in total. The molecule has 0 aliphatic rings. The number of ether oxygens (including phenoxy) is 1. The zero-order valence-electron chi connectivity index (χ0n) is 11.4. The molecule has 0 saturated carbocycles. The molecule has 1 aromatic carbocycles. The first-order chi connectivity index (χ1) is 10.1. The van der Waals surface area contributed by atoms with E-state index in [2.05, 4.69) is 10.1 Å². The van der Waals surface area contributed by atoms with E-state index in [4.69, 9.17) is 11.6 Å². The SMILES string of the molecule is COC(=O)CCNC(=O)c1ccc(-c2cccc(Cl)c2)s1. The van der Waals surface area contributed by atoms with E-state index in [1.165, 1.54) is 18.4 Å². The van der Waals surface area contributed by atoms with E-state index in [0.717, 1.165) is 10.4 Å². The fourth-order valence-electron chi connectivity index (χ4n) is 1.72. The molecule has 110 valence electrons. The van der Waals surface area contributed by atoms with Crippen LogP contribution in [0.5, 0.6) is 0 Å². The van der Waals surface area contributed by atoms with Crippen molar-refractivity contribution in [1.29, 1.82) is 0 Å². The summed E-state index contributed by atoms with van der Waals surface area (Å²) < 4.78 is 4.51.